The first-order valence-corrected chi connectivity index (χ1v) is 11.7. The number of hydrogen-bond acceptors (Lipinski definition) is 4. The van der Waals surface area contributed by atoms with Crippen molar-refractivity contribution < 1.29 is 9.53 Å². The van der Waals surface area contributed by atoms with Crippen molar-refractivity contribution in [1.29, 1.82) is 0 Å². The Morgan fingerprint density at radius 1 is 1.10 bits per heavy atom. The average molecular weight is 396 g/mol. The van der Waals surface area contributed by atoms with E-state index in [-0.39, 0.29) is 11.4 Å². The number of nitrogens with zero attached hydrogens (tertiary/aromatic N) is 3. The highest BCUT2D eigenvalue weighted by Crippen LogP contribution is 2.60. The fraction of sp³-hybridized carbons (Fsp3) is 0.708. The van der Waals surface area contributed by atoms with Crippen LogP contribution in [0, 0.1) is 17.8 Å². The number of carbonyl (C=O) groups excluding carboxylic acids is 1. The monoisotopic (exact) mass is 395 g/mol. The van der Waals surface area contributed by atoms with Gasteiger partial charge >= 0.3 is 5.97 Å². The van der Waals surface area contributed by atoms with Crippen LogP contribution < -0.4 is 0 Å². The van der Waals surface area contributed by atoms with E-state index in [4.69, 9.17) is 9.72 Å². The minimum absolute atomic E-state index is 0.254. The first-order chi connectivity index (χ1) is 14.1. The third-order valence-electron chi connectivity index (χ3n) is 7.60. The highest BCUT2D eigenvalue weighted by molar-refractivity contribution is 5.88. The standard InChI is InChI=1S/C24H33N3O2/c1-3-5-6-7-19-11-21(24-13-16-8-17(14-24)10-18(9-16)15-24)25-22-12-20(26-27(19)22)23(28)29-4-2/h11-12,16-18H,3-10,13-15H2,1-2H3. The SMILES string of the molecule is CCCCCc1cc(C23CC4CC(CC(C4)C2)C3)nc2cc(C(=O)OCC)nn12. The molecule has 2 aromatic rings. The molecule has 0 atom stereocenters. The predicted octanol–water partition coefficient (Wildman–Crippen LogP) is 5.11. The summed E-state index contributed by atoms with van der Waals surface area (Å²) in [4.78, 5) is 17.4. The third kappa shape index (κ3) is 3.36. The largest absolute Gasteiger partial charge is 0.461 e. The van der Waals surface area contributed by atoms with Gasteiger partial charge in [-0.25, -0.2) is 14.3 Å². The molecular formula is C24H33N3O2. The summed E-state index contributed by atoms with van der Waals surface area (Å²) in [7, 11) is 0. The zero-order chi connectivity index (χ0) is 20.0. The van der Waals surface area contributed by atoms with Crippen LogP contribution >= 0.6 is 0 Å². The summed E-state index contributed by atoms with van der Waals surface area (Å²) in [5, 5.41) is 4.58. The van der Waals surface area contributed by atoms with Crippen molar-refractivity contribution in [3.05, 3.63) is 29.2 Å². The maximum absolute atomic E-state index is 12.3. The van der Waals surface area contributed by atoms with Gasteiger partial charge in [0.05, 0.1) is 12.3 Å². The number of rotatable bonds is 7. The lowest BCUT2D eigenvalue weighted by atomic mass is 9.49. The Hall–Kier alpha value is -1.91. The summed E-state index contributed by atoms with van der Waals surface area (Å²) in [5.74, 6) is 2.32. The van der Waals surface area contributed by atoms with Gasteiger partial charge in [-0.1, -0.05) is 19.8 Å². The van der Waals surface area contributed by atoms with Gasteiger partial charge in [0, 0.05) is 17.2 Å². The zero-order valence-corrected chi connectivity index (χ0v) is 17.8. The number of esters is 1. The lowest BCUT2D eigenvalue weighted by Crippen LogP contribution is -2.49. The molecule has 0 radical (unpaired) electrons. The molecule has 0 N–H and O–H groups in total. The molecule has 4 saturated carbocycles. The second kappa shape index (κ2) is 7.41. The van der Waals surface area contributed by atoms with E-state index in [2.05, 4.69) is 18.1 Å². The Bertz CT molecular complexity index is 881. The number of aryl methyl sites for hydroxylation is 1. The van der Waals surface area contributed by atoms with Gasteiger partial charge in [-0.3, -0.25) is 0 Å². The minimum atomic E-state index is -0.353. The van der Waals surface area contributed by atoms with Crippen molar-refractivity contribution in [1.82, 2.24) is 14.6 Å². The van der Waals surface area contributed by atoms with Gasteiger partial charge in [-0.05, 0) is 82.1 Å². The van der Waals surface area contributed by atoms with Crippen LogP contribution in [-0.4, -0.2) is 27.2 Å². The fourth-order valence-corrected chi connectivity index (χ4v) is 6.77. The summed E-state index contributed by atoms with van der Waals surface area (Å²) in [5.41, 5.74) is 3.91. The summed E-state index contributed by atoms with van der Waals surface area (Å²) < 4.78 is 7.08. The van der Waals surface area contributed by atoms with Gasteiger partial charge in [0.15, 0.2) is 11.3 Å². The molecule has 0 unspecified atom stereocenters. The van der Waals surface area contributed by atoms with Crippen LogP contribution in [0.5, 0.6) is 0 Å². The first kappa shape index (κ1) is 19.1. The summed E-state index contributed by atoms with van der Waals surface area (Å²) in [6.45, 7) is 4.42. The molecule has 5 nitrogen and oxygen atoms in total. The summed E-state index contributed by atoms with van der Waals surface area (Å²) >= 11 is 0. The van der Waals surface area contributed by atoms with E-state index in [9.17, 15) is 4.79 Å². The lowest BCUT2D eigenvalue weighted by Gasteiger charge is -2.56. The highest BCUT2D eigenvalue weighted by Gasteiger charge is 2.52. The molecule has 0 aliphatic heterocycles. The molecule has 29 heavy (non-hydrogen) atoms. The first-order valence-electron chi connectivity index (χ1n) is 11.7. The molecule has 6 rings (SSSR count). The number of unbranched alkanes of at least 4 members (excludes halogenated alkanes) is 2. The fourth-order valence-electron chi connectivity index (χ4n) is 6.77. The predicted molar refractivity (Wildman–Crippen MR) is 112 cm³/mol. The molecule has 0 spiro atoms. The van der Waals surface area contributed by atoms with E-state index in [0.717, 1.165) is 36.2 Å². The van der Waals surface area contributed by atoms with Gasteiger partial charge in [0.2, 0.25) is 0 Å². The Labute approximate surface area is 173 Å². The molecule has 0 aromatic carbocycles. The molecule has 4 aliphatic carbocycles. The van der Waals surface area contributed by atoms with E-state index in [1.54, 1.807) is 0 Å². The molecule has 2 heterocycles. The van der Waals surface area contributed by atoms with Crippen molar-refractivity contribution in [3.8, 4) is 0 Å². The summed E-state index contributed by atoms with van der Waals surface area (Å²) in [6.07, 6.45) is 12.7. The van der Waals surface area contributed by atoms with Crippen LogP contribution in [0.25, 0.3) is 5.65 Å². The Kier molecular flexibility index (Phi) is 4.87. The number of fused-ring (bicyclic) bond motifs is 1. The average Bonchev–Trinajstić information content (AvgIpc) is 3.12. The molecule has 4 aliphatic rings. The van der Waals surface area contributed by atoms with Crippen LogP contribution in [0.1, 0.15) is 93.5 Å². The van der Waals surface area contributed by atoms with E-state index < -0.39 is 0 Å². The maximum Gasteiger partial charge on any atom is 0.358 e. The van der Waals surface area contributed by atoms with Crippen molar-refractivity contribution in [3.63, 3.8) is 0 Å². The maximum atomic E-state index is 12.3. The Morgan fingerprint density at radius 3 is 2.41 bits per heavy atom. The van der Waals surface area contributed by atoms with Crippen LogP contribution in [0.3, 0.4) is 0 Å². The number of hydrogen-bond donors (Lipinski definition) is 0. The van der Waals surface area contributed by atoms with E-state index in [0.29, 0.717) is 12.3 Å². The molecular weight excluding hydrogens is 362 g/mol. The van der Waals surface area contributed by atoms with Gasteiger partial charge in [-0.2, -0.15) is 5.10 Å². The molecule has 4 bridgehead atoms. The van der Waals surface area contributed by atoms with Crippen molar-refractivity contribution >= 4 is 11.6 Å². The van der Waals surface area contributed by atoms with Crippen molar-refractivity contribution in [2.45, 2.75) is 83.5 Å². The zero-order valence-electron chi connectivity index (χ0n) is 17.8. The number of aromatic nitrogens is 3. The van der Waals surface area contributed by atoms with Gasteiger partial charge in [0.25, 0.3) is 0 Å². The Morgan fingerprint density at radius 2 is 1.79 bits per heavy atom. The normalized spacial score (nSPS) is 30.2. The van der Waals surface area contributed by atoms with Crippen LogP contribution in [-0.2, 0) is 16.6 Å². The third-order valence-corrected chi connectivity index (χ3v) is 7.60. The minimum Gasteiger partial charge on any atom is -0.461 e. The quantitative estimate of drug-likeness (QED) is 0.483. The van der Waals surface area contributed by atoms with Crippen LogP contribution in [0.4, 0.5) is 0 Å². The molecule has 0 amide bonds. The second-order valence-electron chi connectivity index (χ2n) is 9.81. The number of carbonyl (C=O) groups is 1. The molecule has 5 heteroatoms. The van der Waals surface area contributed by atoms with E-state index >= 15 is 0 Å². The van der Waals surface area contributed by atoms with Crippen molar-refractivity contribution in [2.75, 3.05) is 6.61 Å². The van der Waals surface area contributed by atoms with Gasteiger partial charge < -0.3 is 4.74 Å². The Balaban J connectivity index is 1.56. The lowest BCUT2D eigenvalue weighted by molar-refractivity contribution is -0.00719. The van der Waals surface area contributed by atoms with Crippen LogP contribution in [0.15, 0.2) is 12.1 Å². The van der Waals surface area contributed by atoms with Gasteiger partial charge in [0.1, 0.15) is 0 Å². The van der Waals surface area contributed by atoms with E-state index in [1.807, 2.05) is 17.5 Å². The molecule has 0 saturated heterocycles. The van der Waals surface area contributed by atoms with Crippen molar-refractivity contribution in [2.24, 2.45) is 17.8 Å². The van der Waals surface area contributed by atoms with Crippen LogP contribution in [0.2, 0.25) is 0 Å². The molecule has 156 valence electrons. The van der Waals surface area contributed by atoms with E-state index in [1.165, 1.54) is 62.8 Å². The highest BCUT2D eigenvalue weighted by atomic mass is 16.5. The molecule has 4 fully saturated rings. The molecule has 2 aromatic heterocycles. The number of ether oxygens (including phenoxy) is 1. The topological polar surface area (TPSA) is 56.5 Å². The second-order valence-corrected chi connectivity index (χ2v) is 9.81. The smallest absolute Gasteiger partial charge is 0.358 e. The summed E-state index contributed by atoms with van der Waals surface area (Å²) in [6, 6.07) is 4.16. The van der Waals surface area contributed by atoms with Gasteiger partial charge in [-0.15, -0.1) is 0 Å².